The van der Waals surface area contributed by atoms with Gasteiger partial charge in [0.2, 0.25) is 0 Å². The molecule has 102 valence electrons. The van der Waals surface area contributed by atoms with Crippen LogP contribution in [0.5, 0.6) is 0 Å². The Bertz CT molecular complexity index is 742. The summed E-state index contributed by atoms with van der Waals surface area (Å²) in [4.78, 5) is 3.43. The quantitative estimate of drug-likeness (QED) is 0.745. The van der Waals surface area contributed by atoms with Crippen LogP contribution in [0.4, 0.5) is 4.39 Å². The summed E-state index contributed by atoms with van der Waals surface area (Å²) in [6.45, 7) is 2.67. The second-order valence-corrected chi connectivity index (χ2v) is 5.07. The molecule has 0 saturated heterocycles. The molecule has 2 nitrogen and oxygen atoms in total. The molecule has 0 saturated carbocycles. The number of fused-ring (bicyclic) bond motifs is 1. The van der Waals surface area contributed by atoms with Gasteiger partial charge in [0.1, 0.15) is 5.82 Å². The van der Waals surface area contributed by atoms with Crippen LogP contribution < -0.4 is 5.73 Å². The molecular formula is C17H17FN2. The third kappa shape index (κ3) is 2.21. The van der Waals surface area contributed by atoms with Crippen LogP contribution in [-0.2, 0) is 6.42 Å². The third-order valence-electron chi connectivity index (χ3n) is 3.59. The smallest absolute Gasteiger partial charge is 0.123 e. The zero-order valence-electron chi connectivity index (χ0n) is 11.4. The van der Waals surface area contributed by atoms with E-state index in [1.807, 2.05) is 0 Å². The van der Waals surface area contributed by atoms with Crippen molar-refractivity contribution >= 4 is 10.9 Å². The Labute approximate surface area is 117 Å². The first-order valence-corrected chi connectivity index (χ1v) is 6.76. The minimum atomic E-state index is -0.221. The van der Waals surface area contributed by atoms with E-state index in [0.717, 1.165) is 23.2 Å². The molecule has 2 aromatic carbocycles. The fourth-order valence-corrected chi connectivity index (χ4v) is 2.63. The lowest BCUT2D eigenvalue weighted by Gasteiger charge is -2.04. The fourth-order valence-electron chi connectivity index (χ4n) is 2.63. The highest BCUT2D eigenvalue weighted by molar-refractivity contribution is 5.91. The van der Waals surface area contributed by atoms with E-state index in [1.54, 1.807) is 12.1 Å². The topological polar surface area (TPSA) is 41.8 Å². The standard InChI is InChI=1S/C17H17FN2/c1-11-2-7-16-15(10-11)14(8-9-19)17(20-16)12-3-5-13(18)6-4-12/h2-7,10,20H,8-9,19H2,1H3. The van der Waals surface area contributed by atoms with Gasteiger partial charge in [0.15, 0.2) is 0 Å². The lowest BCUT2D eigenvalue weighted by atomic mass is 10.0. The predicted octanol–water partition coefficient (Wildman–Crippen LogP) is 3.78. The first-order chi connectivity index (χ1) is 9.69. The molecule has 0 radical (unpaired) electrons. The van der Waals surface area contributed by atoms with Gasteiger partial charge in [0.05, 0.1) is 0 Å². The minimum Gasteiger partial charge on any atom is -0.354 e. The number of nitrogens with two attached hydrogens (primary N) is 1. The van der Waals surface area contributed by atoms with Crippen molar-refractivity contribution in [3.8, 4) is 11.3 Å². The van der Waals surface area contributed by atoms with E-state index in [2.05, 4.69) is 30.1 Å². The van der Waals surface area contributed by atoms with Crippen molar-refractivity contribution in [2.45, 2.75) is 13.3 Å². The van der Waals surface area contributed by atoms with Crippen LogP contribution in [0.15, 0.2) is 42.5 Å². The molecule has 0 bridgehead atoms. The maximum absolute atomic E-state index is 13.1. The molecule has 1 aromatic heterocycles. The molecule has 0 atom stereocenters. The lowest BCUT2D eigenvalue weighted by Crippen LogP contribution is -2.03. The summed E-state index contributed by atoms with van der Waals surface area (Å²) in [6.07, 6.45) is 0.802. The Balaban J connectivity index is 2.23. The number of halogens is 1. The Morgan fingerprint density at radius 3 is 2.55 bits per heavy atom. The van der Waals surface area contributed by atoms with Gasteiger partial charge in [-0.1, -0.05) is 11.6 Å². The third-order valence-corrected chi connectivity index (χ3v) is 3.59. The number of rotatable bonds is 3. The molecule has 0 fully saturated rings. The van der Waals surface area contributed by atoms with Crippen molar-refractivity contribution in [2.75, 3.05) is 6.54 Å². The number of hydrogen-bond acceptors (Lipinski definition) is 1. The predicted molar refractivity (Wildman–Crippen MR) is 81.2 cm³/mol. The molecule has 0 aliphatic heterocycles. The van der Waals surface area contributed by atoms with Crippen molar-refractivity contribution in [1.29, 1.82) is 0 Å². The number of H-pyrrole nitrogens is 1. The van der Waals surface area contributed by atoms with Gasteiger partial charge < -0.3 is 10.7 Å². The second-order valence-electron chi connectivity index (χ2n) is 5.07. The zero-order chi connectivity index (χ0) is 14.1. The summed E-state index contributed by atoms with van der Waals surface area (Å²) >= 11 is 0. The van der Waals surface area contributed by atoms with Gasteiger partial charge in [-0.25, -0.2) is 4.39 Å². The normalized spacial score (nSPS) is 11.2. The van der Waals surface area contributed by atoms with E-state index in [1.165, 1.54) is 28.6 Å². The Morgan fingerprint density at radius 1 is 1.10 bits per heavy atom. The summed E-state index contributed by atoms with van der Waals surface area (Å²) in [5, 5.41) is 1.20. The van der Waals surface area contributed by atoms with Crippen molar-refractivity contribution in [3.63, 3.8) is 0 Å². The molecule has 20 heavy (non-hydrogen) atoms. The number of benzene rings is 2. The summed E-state index contributed by atoms with van der Waals surface area (Å²) in [5.74, 6) is -0.221. The van der Waals surface area contributed by atoms with Gasteiger partial charge in [-0.05, 0) is 67.4 Å². The maximum atomic E-state index is 13.1. The van der Waals surface area contributed by atoms with Crippen molar-refractivity contribution in [1.82, 2.24) is 4.98 Å². The van der Waals surface area contributed by atoms with E-state index < -0.39 is 0 Å². The van der Waals surface area contributed by atoms with Crippen molar-refractivity contribution < 1.29 is 4.39 Å². The highest BCUT2D eigenvalue weighted by atomic mass is 19.1. The fraction of sp³-hybridized carbons (Fsp3) is 0.176. The first kappa shape index (κ1) is 12.9. The SMILES string of the molecule is Cc1ccc2[nH]c(-c3ccc(F)cc3)c(CCN)c2c1. The van der Waals surface area contributed by atoms with Gasteiger partial charge in [-0.15, -0.1) is 0 Å². The first-order valence-electron chi connectivity index (χ1n) is 6.76. The van der Waals surface area contributed by atoms with Crippen LogP contribution in [0.3, 0.4) is 0 Å². The van der Waals surface area contributed by atoms with E-state index in [9.17, 15) is 4.39 Å². The van der Waals surface area contributed by atoms with Crippen LogP contribution in [0, 0.1) is 12.7 Å². The lowest BCUT2D eigenvalue weighted by molar-refractivity contribution is 0.628. The minimum absolute atomic E-state index is 0.221. The van der Waals surface area contributed by atoms with Gasteiger partial charge in [0, 0.05) is 16.6 Å². The maximum Gasteiger partial charge on any atom is 0.123 e. The highest BCUT2D eigenvalue weighted by Crippen LogP contribution is 2.31. The van der Waals surface area contributed by atoms with Crippen LogP contribution >= 0.6 is 0 Å². The van der Waals surface area contributed by atoms with Crippen LogP contribution in [-0.4, -0.2) is 11.5 Å². The van der Waals surface area contributed by atoms with Crippen LogP contribution in [0.2, 0.25) is 0 Å². The van der Waals surface area contributed by atoms with E-state index >= 15 is 0 Å². The summed E-state index contributed by atoms with van der Waals surface area (Å²) < 4.78 is 13.1. The largest absolute Gasteiger partial charge is 0.354 e. The number of hydrogen-bond donors (Lipinski definition) is 2. The number of aromatic nitrogens is 1. The molecule has 3 aromatic rings. The van der Waals surface area contributed by atoms with Crippen LogP contribution in [0.1, 0.15) is 11.1 Å². The Kier molecular flexibility index (Phi) is 3.28. The van der Waals surface area contributed by atoms with Gasteiger partial charge in [0.25, 0.3) is 0 Å². The molecule has 1 heterocycles. The number of nitrogens with one attached hydrogen (secondary N) is 1. The van der Waals surface area contributed by atoms with Gasteiger partial charge in [-0.3, -0.25) is 0 Å². The summed E-state index contributed by atoms with van der Waals surface area (Å²) in [6, 6.07) is 12.9. The van der Waals surface area contributed by atoms with Crippen LogP contribution in [0.25, 0.3) is 22.2 Å². The molecular weight excluding hydrogens is 251 g/mol. The highest BCUT2D eigenvalue weighted by Gasteiger charge is 2.12. The molecule has 0 unspecified atom stereocenters. The molecule has 0 amide bonds. The number of aromatic amines is 1. The van der Waals surface area contributed by atoms with Gasteiger partial charge in [-0.2, -0.15) is 0 Å². The summed E-state index contributed by atoms with van der Waals surface area (Å²) in [5.41, 5.74) is 11.3. The van der Waals surface area contributed by atoms with E-state index in [-0.39, 0.29) is 5.82 Å². The average molecular weight is 268 g/mol. The molecule has 3 N–H and O–H groups in total. The summed E-state index contributed by atoms with van der Waals surface area (Å²) in [7, 11) is 0. The van der Waals surface area contributed by atoms with Crippen molar-refractivity contribution in [3.05, 3.63) is 59.4 Å². The molecule has 0 aliphatic rings. The number of aryl methyl sites for hydroxylation is 1. The average Bonchev–Trinajstić information content (AvgIpc) is 2.79. The molecule has 0 spiro atoms. The monoisotopic (exact) mass is 268 g/mol. The molecule has 3 rings (SSSR count). The second kappa shape index (κ2) is 5.10. The van der Waals surface area contributed by atoms with E-state index in [0.29, 0.717) is 6.54 Å². The van der Waals surface area contributed by atoms with E-state index in [4.69, 9.17) is 5.73 Å². The van der Waals surface area contributed by atoms with Gasteiger partial charge >= 0.3 is 0 Å². The molecule has 3 heteroatoms. The molecule has 0 aliphatic carbocycles. The Morgan fingerprint density at radius 2 is 1.85 bits per heavy atom. The zero-order valence-corrected chi connectivity index (χ0v) is 11.4. The Hall–Kier alpha value is -2.13. The van der Waals surface area contributed by atoms with Crippen molar-refractivity contribution in [2.24, 2.45) is 5.73 Å².